The Morgan fingerprint density at radius 1 is 1.33 bits per heavy atom. The van der Waals surface area contributed by atoms with Gasteiger partial charge in [-0.15, -0.1) is 5.73 Å². The second-order valence-electron chi connectivity index (χ2n) is 4.31. The van der Waals surface area contributed by atoms with Crippen molar-refractivity contribution in [2.75, 3.05) is 0 Å². The summed E-state index contributed by atoms with van der Waals surface area (Å²) in [6, 6.07) is 0. The van der Waals surface area contributed by atoms with Gasteiger partial charge >= 0.3 is 0 Å². The second kappa shape index (κ2) is 4.66. The van der Waals surface area contributed by atoms with Crippen LogP contribution in [0.2, 0.25) is 19.6 Å². The Labute approximate surface area is 77.3 Å². The molecule has 0 bridgehead atoms. The van der Waals surface area contributed by atoms with Crippen LogP contribution in [0.15, 0.2) is 18.4 Å². The molecule has 0 heterocycles. The lowest BCUT2D eigenvalue weighted by Crippen LogP contribution is -2.33. The van der Waals surface area contributed by atoms with Crippen molar-refractivity contribution in [1.29, 1.82) is 0 Å². The fourth-order valence-corrected chi connectivity index (χ4v) is 2.04. The minimum atomic E-state index is -1.42. The zero-order valence-corrected chi connectivity index (χ0v) is 9.85. The summed E-state index contributed by atoms with van der Waals surface area (Å²) in [5, 5.41) is 0. The Hall–Kier alpha value is -0.303. The van der Waals surface area contributed by atoms with Crippen molar-refractivity contribution in [1.82, 2.24) is 0 Å². The average molecular weight is 184 g/mol. The smallest absolute Gasteiger partial charge is 0.184 e. The minimum absolute atomic E-state index is 0.189. The predicted octanol–water partition coefficient (Wildman–Crippen LogP) is 3.20. The molecule has 0 saturated heterocycles. The molecule has 12 heavy (non-hydrogen) atoms. The van der Waals surface area contributed by atoms with Crippen LogP contribution in [0.3, 0.4) is 0 Å². The van der Waals surface area contributed by atoms with Crippen molar-refractivity contribution >= 4 is 8.32 Å². The monoisotopic (exact) mass is 184 g/mol. The molecule has 0 unspecified atom stereocenters. The predicted molar refractivity (Wildman–Crippen MR) is 56.8 cm³/mol. The Kier molecular flexibility index (Phi) is 4.54. The molecule has 0 aliphatic rings. The summed E-state index contributed by atoms with van der Waals surface area (Å²) in [5.74, 6) is 0.506. The molecule has 70 valence electrons. The van der Waals surface area contributed by atoms with E-state index < -0.39 is 8.32 Å². The number of hydrogen-bond donors (Lipinski definition) is 0. The van der Waals surface area contributed by atoms with Crippen molar-refractivity contribution in [3.8, 4) is 0 Å². The van der Waals surface area contributed by atoms with Crippen LogP contribution in [-0.2, 0) is 4.43 Å². The number of hydrogen-bond acceptors (Lipinski definition) is 1. The molecule has 2 heteroatoms. The van der Waals surface area contributed by atoms with Gasteiger partial charge in [-0.1, -0.05) is 20.4 Å². The van der Waals surface area contributed by atoms with Crippen molar-refractivity contribution in [3.63, 3.8) is 0 Å². The fraction of sp³-hybridized carbons (Fsp3) is 0.700. The highest BCUT2D eigenvalue weighted by molar-refractivity contribution is 6.69. The van der Waals surface area contributed by atoms with Gasteiger partial charge in [0.05, 0.1) is 6.10 Å². The summed E-state index contributed by atoms with van der Waals surface area (Å²) < 4.78 is 5.92. The molecule has 1 nitrogen and oxygen atoms in total. The van der Waals surface area contributed by atoms with E-state index in [9.17, 15) is 0 Å². The van der Waals surface area contributed by atoms with Crippen molar-refractivity contribution in [2.24, 2.45) is 5.92 Å². The molecule has 0 aliphatic carbocycles. The molecule has 0 spiro atoms. The van der Waals surface area contributed by atoms with Gasteiger partial charge in [0.2, 0.25) is 0 Å². The molecule has 1 atom stereocenters. The van der Waals surface area contributed by atoms with Gasteiger partial charge in [-0.3, -0.25) is 0 Å². The van der Waals surface area contributed by atoms with Crippen LogP contribution in [0.25, 0.3) is 0 Å². The standard InChI is InChI=1S/C10H20OSi/c1-7-8-10(9(2)3)11-12(4,5)6/h8-10H,1H2,2-6H3/t10-/m0/s1. The Morgan fingerprint density at radius 3 is 2.08 bits per heavy atom. The average Bonchev–Trinajstić information content (AvgIpc) is 1.83. The van der Waals surface area contributed by atoms with Gasteiger partial charge in [-0.2, -0.15) is 0 Å². The number of rotatable bonds is 4. The summed E-state index contributed by atoms with van der Waals surface area (Å²) in [7, 11) is -1.42. The van der Waals surface area contributed by atoms with Crippen LogP contribution in [0, 0.1) is 5.92 Å². The molecule has 0 aliphatic heterocycles. The Morgan fingerprint density at radius 2 is 1.83 bits per heavy atom. The Balaban J connectivity index is 4.24. The van der Waals surface area contributed by atoms with Gasteiger partial charge in [0, 0.05) is 0 Å². The summed E-state index contributed by atoms with van der Waals surface area (Å²) in [6.07, 6.45) is 2.11. The first kappa shape index (κ1) is 11.7. The molecule has 0 rings (SSSR count). The third kappa shape index (κ3) is 5.36. The lowest BCUT2D eigenvalue weighted by molar-refractivity contribution is 0.190. The van der Waals surface area contributed by atoms with E-state index in [1.807, 2.05) is 6.08 Å². The van der Waals surface area contributed by atoms with Gasteiger partial charge < -0.3 is 4.43 Å². The first-order chi connectivity index (χ1) is 5.37. The van der Waals surface area contributed by atoms with Crippen LogP contribution in [0.5, 0.6) is 0 Å². The first-order valence-corrected chi connectivity index (χ1v) is 7.81. The fourth-order valence-electron chi connectivity index (χ4n) is 0.887. The van der Waals surface area contributed by atoms with E-state index in [4.69, 9.17) is 4.43 Å². The minimum Gasteiger partial charge on any atom is -0.410 e. The third-order valence-corrected chi connectivity index (χ3v) is 2.41. The van der Waals surface area contributed by atoms with Crippen molar-refractivity contribution in [2.45, 2.75) is 39.6 Å². The lowest BCUT2D eigenvalue weighted by Gasteiger charge is -2.26. The molecule has 0 amide bonds. The van der Waals surface area contributed by atoms with E-state index in [2.05, 4.69) is 45.8 Å². The topological polar surface area (TPSA) is 9.23 Å². The molecule has 0 aromatic rings. The quantitative estimate of drug-likeness (QED) is 0.481. The maximum Gasteiger partial charge on any atom is 0.184 e. The molecule has 0 saturated carbocycles. The summed E-state index contributed by atoms with van der Waals surface area (Å²) in [4.78, 5) is 0. The van der Waals surface area contributed by atoms with E-state index in [1.165, 1.54) is 0 Å². The highest BCUT2D eigenvalue weighted by atomic mass is 28.4. The zero-order valence-electron chi connectivity index (χ0n) is 8.85. The zero-order chi connectivity index (χ0) is 9.78. The summed E-state index contributed by atoms with van der Waals surface area (Å²) >= 11 is 0. The van der Waals surface area contributed by atoms with Gasteiger partial charge in [-0.25, -0.2) is 0 Å². The van der Waals surface area contributed by atoms with Gasteiger partial charge in [0.25, 0.3) is 0 Å². The lowest BCUT2D eigenvalue weighted by atomic mass is 10.1. The van der Waals surface area contributed by atoms with Gasteiger partial charge in [-0.05, 0) is 31.6 Å². The summed E-state index contributed by atoms with van der Waals surface area (Å²) in [6.45, 7) is 14.5. The van der Waals surface area contributed by atoms with Crippen LogP contribution in [-0.4, -0.2) is 14.4 Å². The van der Waals surface area contributed by atoms with E-state index in [-0.39, 0.29) is 6.10 Å². The molecule has 0 aromatic heterocycles. The van der Waals surface area contributed by atoms with Gasteiger partial charge in [0.15, 0.2) is 8.32 Å². The van der Waals surface area contributed by atoms with E-state index in [1.54, 1.807) is 0 Å². The molecular formula is C10H20OSi. The molecule has 0 fully saturated rings. The largest absolute Gasteiger partial charge is 0.410 e. The second-order valence-corrected chi connectivity index (χ2v) is 8.77. The SMILES string of the molecule is C=C=C[C@H](O[Si](C)(C)C)C(C)C. The van der Waals surface area contributed by atoms with E-state index in [0.717, 1.165) is 0 Å². The van der Waals surface area contributed by atoms with Gasteiger partial charge in [0.1, 0.15) is 0 Å². The van der Waals surface area contributed by atoms with Crippen LogP contribution in [0.4, 0.5) is 0 Å². The molecule has 0 radical (unpaired) electrons. The van der Waals surface area contributed by atoms with Crippen LogP contribution in [0.1, 0.15) is 13.8 Å². The molecule has 0 aromatic carbocycles. The molecule has 0 N–H and O–H groups in total. The van der Waals surface area contributed by atoms with Crippen LogP contribution >= 0.6 is 0 Å². The van der Waals surface area contributed by atoms with E-state index in [0.29, 0.717) is 5.92 Å². The summed E-state index contributed by atoms with van der Waals surface area (Å²) in [5.41, 5.74) is 2.79. The van der Waals surface area contributed by atoms with Crippen molar-refractivity contribution in [3.05, 3.63) is 18.4 Å². The highest BCUT2D eigenvalue weighted by Gasteiger charge is 2.21. The maximum absolute atomic E-state index is 5.92. The normalized spacial score (nSPS) is 14.2. The Bertz CT molecular complexity index is 173. The maximum atomic E-state index is 5.92. The van der Waals surface area contributed by atoms with Crippen molar-refractivity contribution < 1.29 is 4.43 Å². The first-order valence-electron chi connectivity index (χ1n) is 4.40. The molecular weight excluding hydrogens is 164 g/mol. The third-order valence-electron chi connectivity index (χ3n) is 1.43. The highest BCUT2D eigenvalue weighted by Crippen LogP contribution is 2.14. The van der Waals surface area contributed by atoms with E-state index >= 15 is 0 Å². The van der Waals surface area contributed by atoms with Crippen LogP contribution < -0.4 is 0 Å².